The zero-order chi connectivity index (χ0) is 41.9. The van der Waals surface area contributed by atoms with Crippen LogP contribution in [0.2, 0.25) is 0 Å². The number of alkyl halides is 1. The van der Waals surface area contributed by atoms with Gasteiger partial charge in [0.2, 0.25) is 0 Å². The van der Waals surface area contributed by atoms with E-state index in [2.05, 4.69) is 76.1 Å². The van der Waals surface area contributed by atoms with Crippen molar-refractivity contribution in [1.29, 1.82) is 0 Å². The van der Waals surface area contributed by atoms with E-state index in [1.165, 1.54) is 0 Å². The Morgan fingerprint density at radius 2 is 0.895 bits per heavy atom. The molecule has 57 heavy (non-hydrogen) atoms. The largest absolute Gasteiger partial charge is 0.513 e. The first kappa shape index (κ1) is 49.4. The molecule has 4 aromatic carbocycles. The average Bonchev–Trinajstić information content (AvgIpc) is 3.25. The molecular weight excluding hydrogens is 954 g/mol. The Kier molecular flexibility index (Phi) is 28.3. The number of ether oxygens (including phenoxy) is 6. The summed E-state index contributed by atoms with van der Waals surface area (Å²) in [5, 5.41) is 0. The van der Waals surface area contributed by atoms with E-state index in [0.29, 0.717) is 37.2 Å². The van der Waals surface area contributed by atoms with E-state index in [4.69, 9.17) is 34.8 Å². The quantitative estimate of drug-likeness (QED) is 0.0176. The second-order valence-electron chi connectivity index (χ2n) is 10.7. The Labute approximate surface area is 362 Å². The van der Waals surface area contributed by atoms with Crippen LogP contribution < -0.4 is 9.47 Å². The Morgan fingerprint density at radius 1 is 0.544 bits per heavy atom. The maximum atomic E-state index is 11.6. The first-order chi connectivity index (χ1) is 27.7. The van der Waals surface area contributed by atoms with Crippen LogP contribution in [-0.4, -0.2) is 55.6 Å². The van der Waals surface area contributed by atoms with Gasteiger partial charge in [-0.1, -0.05) is 89.9 Å². The molecule has 0 N–H and O–H groups in total. The van der Waals surface area contributed by atoms with Crippen LogP contribution in [0.4, 0.5) is 9.59 Å². The van der Waals surface area contributed by atoms with Gasteiger partial charge in [0.05, 0.1) is 26.4 Å². The number of rotatable bonds is 14. The third kappa shape index (κ3) is 26.0. The van der Waals surface area contributed by atoms with Gasteiger partial charge in [0.1, 0.15) is 11.5 Å². The standard InChI is InChI=1S/C22H20O5.C14H15IO5.C8H6.CH3I/c1-2-21(23)25-16-6-7-17-26-22(24)27-20-14-12-19(13-15-20)11-10-18-8-4-3-5-9-18;1-2-13(16)18-9-3-4-10-19-14(17)20-12-7-5-11(15)6-8-12;1-2-8-6-4-3-5-7-8;1-2/h2-5,8-9,12-15H,1,6-7,16-17H2;2,5-8H,1,3-4,9-10H2;1,3-7H;1H3. The van der Waals surface area contributed by atoms with Gasteiger partial charge >= 0.3 is 24.2 Å². The van der Waals surface area contributed by atoms with Crippen molar-refractivity contribution in [2.24, 2.45) is 0 Å². The first-order valence-corrected chi connectivity index (χ1v) is 20.6. The van der Waals surface area contributed by atoms with E-state index in [1.807, 2.05) is 77.7 Å². The van der Waals surface area contributed by atoms with E-state index < -0.39 is 24.2 Å². The van der Waals surface area contributed by atoms with E-state index in [1.54, 1.807) is 36.4 Å². The lowest BCUT2D eigenvalue weighted by Crippen LogP contribution is -2.12. The van der Waals surface area contributed by atoms with Crippen molar-refractivity contribution in [3.63, 3.8) is 0 Å². The van der Waals surface area contributed by atoms with Gasteiger partial charge in [-0.2, -0.15) is 0 Å². The third-order valence-corrected chi connectivity index (χ3v) is 7.19. The van der Waals surface area contributed by atoms with Gasteiger partial charge < -0.3 is 28.4 Å². The summed E-state index contributed by atoms with van der Waals surface area (Å²) in [5.74, 6) is 8.53. The molecule has 0 aromatic heterocycles. The fourth-order valence-corrected chi connectivity index (χ4v) is 4.10. The monoisotopic (exact) mass is 998 g/mol. The molecule has 0 aliphatic rings. The molecule has 0 saturated carbocycles. The van der Waals surface area contributed by atoms with E-state index >= 15 is 0 Å². The number of esters is 2. The van der Waals surface area contributed by atoms with Crippen LogP contribution in [0.25, 0.3) is 0 Å². The predicted molar refractivity (Wildman–Crippen MR) is 237 cm³/mol. The van der Waals surface area contributed by atoms with E-state index in [9.17, 15) is 19.2 Å². The van der Waals surface area contributed by atoms with Crippen LogP contribution in [0, 0.1) is 27.8 Å². The normalized spacial score (nSPS) is 9.09. The molecule has 0 amide bonds. The van der Waals surface area contributed by atoms with Gasteiger partial charge in [-0.05, 0) is 126 Å². The van der Waals surface area contributed by atoms with Crippen molar-refractivity contribution in [1.82, 2.24) is 0 Å². The highest BCUT2D eigenvalue weighted by Gasteiger charge is 2.07. The van der Waals surface area contributed by atoms with Crippen molar-refractivity contribution in [2.75, 3.05) is 31.4 Å². The minimum atomic E-state index is -0.777. The number of hydrogen-bond donors (Lipinski definition) is 0. The highest BCUT2D eigenvalue weighted by molar-refractivity contribution is 14.1. The molecule has 4 aromatic rings. The van der Waals surface area contributed by atoms with Crippen LogP contribution in [-0.2, 0) is 28.5 Å². The molecular formula is C45H44I2O10. The third-order valence-electron chi connectivity index (χ3n) is 6.47. The lowest BCUT2D eigenvalue weighted by molar-refractivity contribution is -0.138. The zero-order valence-corrected chi connectivity index (χ0v) is 35.8. The number of halogens is 2. The summed E-state index contributed by atoms with van der Waals surface area (Å²) in [4.78, 5) is 46.5. The Balaban J connectivity index is 0.000000472. The fraction of sp³-hybridized carbons (Fsp3) is 0.200. The molecule has 0 radical (unpaired) electrons. The summed E-state index contributed by atoms with van der Waals surface area (Å²) in [6.07, 6.45) is 8.14. The smallest absolute Gasteiger partial charge is 0.463 e. The lowest BCUT2D eigenvalue weighted by Gasteiger charge is -2.06. The predicted octanol–water partition coefficient (Wildman–Crippen LogP) is 10.1. The molecule has 0 saturated heterocycles. The number of carbonyl (C=O) groups excluding carboxylic acids is 4. The van der Waals surface area contributed by atoms with E-state index in [-0.39, 0.29) is 26.4 Å². The van der Waals surface area contributed by atoms with Gasteiger partial charge in [-0.15, -0.1) is 6.42 Å². The van der Waals surface area contributed by atoms with Crippen LogP contribution in [0.5, 0.6) is 11.5 Å². The second kappa shape index (κ2) is 32.6. The molecule has 0 unspecified atom stereocenters. The minimum Gasteiger partial charge on any atom is -0.463 e. The zero-order valence-electron chi connectivity index (χ0n) is 31.5. The van der Waals surface area contributed by atoms with E-state index in [0.717, 1.165) is 32.4 Å². The molecule has 0 fully saturated rings. The Morgan fingerprint density at radius 3 is 1.26 bits per heavy atom. The summed E-state index contributed by atoms with van der Waals surface area (Å²) in [7, 11) is 0. The van der Waals surface area contributed by atoms with Gasteiger partial charge in [0.25, 0.3) is 0 Å². The van der Waals surface area contributed by atoms with Crippen LogP contribution in [0.3, 0.4) is 0 Å². The molecule has 10 nitrogen and oxygen atoms in total. The summed E-state index contributed by atoms with van der Waals surface area (Å²) in [6, 6.07) is 33.2. The Bertz CT molecular complexity index is 1880. The van der Waals surface area contributed by atoms with Gasteiger partial charge in [-0.25, -0.2) is 19.2 Å². The molecule has 0 bridgehead atoms. The van der Waals surface area contributed by atoms with Gasteiger partial charge in [-0.3, -0.25) is 0 Å². The van der Waals surface area contributed by atoms with Crippen LogP contribution in [0.1, 0.15) is 42.4 Å². The van der Waals surface area contributed by atoms with Crippen molar-refractivity contribution in [3.8, 4) is 35.7 Å². The minimum absolute atomic E-state index is 0.186. The van der Waals surface area contributed by atoms with Crippen molar-refractivity contribution < 1.29 is 47.6 Å². The maximum Gasteiger partial charge on any atom is 0.513 e. The maximum absolute atomic E-state index is 11.6. The number of hydrogen-bond acceptors (Lipinski definition) is 10. The summed E-state index contributed by atoms with van der Waals surface area (Å²) < 4.78 is 30.5. The molecule has 0 atom stereocenters. The second-order valence-corrected chi connectivity index (χ2v) is 11.9. The molecule has 0 aliphatic heterocycles. The first-order valence-electron chi connectivity index (χ1n) is 17.3. The van der Waals surface area contributed by atoms with Gasteiger partial charge in [0, 0.05) is 32.4 Å². The SMILES string of the molecule is C#Cc1ccccc1.C=CC(=O)OCCCCOC(=O)Oc1ccc(C#Cc2ccccc2)cc1.C=CC(=O)OCCCCOC(=O)Oc1ccc(I)cc1.CI. The summed E-state index contributed by atoms with van der Waals surface area (Å²) in [6.45, 7) is 7.52. The molecule has 0 aliphatic carbocycles. The highest BCUT2D eigenvalue weighted by atomic mass is 127. The molecule has 12 heteroatoms. The van der Waals surface area contributed by atoms with Gasteiger partial charge in [0.15, 0.2) is 0 Å². The average molecular weight is 999 g/mol. The summed E-state index contributed by atoms with van der Waals surface area (Å²) >= 11 is 4.31. The fourth-order valence-electron chi connectivity index (χ4n) is 3.74. The van der Waals surface area contributed by atoms with Crippen molar-refractivity contribution in [3.05, 3.63) is 155 Å². The summed E-state index contributed by atoms with van der Waals surface area (Å²) in [5.41, 5.74) is 2.68. The molecule has 298 valence electrons. The number of benzene rings is 4. The molecule has 4 rings (SSSR count). The molecule has 0 heterocycles. The number of unbranched alkanes of at least 4 members (excludes halogenated alkanes) is 2. The number of carbonyl (C=O) groups is 4. The molecule has 0 spiro atoms. The van der Waals surface area contributed by atoms with Crippen molar-refractivity contribution in [2.45, 2.75) is 25.7 Å². The lowest BCUT2D eigenvalue weighted by atomic mass is 10.2. The van der Waals surface area contributed by atoms with Crippen LogP contribution in [0.15, 0.2) is 135 Å². The van der Waals surface area contributed by atoms with Crippen LogP contribution >= 0.6 is 45.2 Å². The number of terminal acetylenes is 1. The highest BCUT2D eigenvalue weighted by Crippen LogP contribution is 2.15. The van der Waals surface area contributed by atoms with Crippen molar-refractivity contribution >= 4 is 69.4 Å². The Hall–Kier alpha value is -5.58. The topological polar surface area (TPSA) is 124 Å².